The van der Waals surface area contributed by atoms with Gasteiger partial charge < -0.3 is 0 Å². The third-order valence-corrected chi connectivity index (χ3v) is 1.11. The summed E-state index contributed by atoms with van der Waals surface area (Å²) >= 11 is 6.14. The largest absolute Gasteiger partial charge is 0.123 e. The van der Waals surface area contributed by atoms with Crippen LogP contribution in [0.3, 0.4) is 0 Å². The van der Waals surface area contributed by atoms with Gasteiger partial charge in [0.2, 0.25) is 0 Å². The zero-order valence-corrected chi connectivity index (χ0v) is 7.73. The predicted octanol–water partition coefficient (Wildman–Crippen LogP) is 1.32. The average molecular weight is 129 g/mol. The first-order chi connectivity index (χ1) is 2.41. The SMILES string of the molecule is CCSC=S.[Na]. The van der Waals surface area contributed by atoms with E-state index in [0.29, 0.717) is 0 Å². The summed E-state index contributed by atoms with van der Waals surface area (Å²) in [6.07, 6.45) is 0. The molecule has 0 fully saturated rings. The quantitative estimate of drug-likeness (QED) is 0.407. The monoisotopic (exact) mass is 129 g/mol. The molecule has 0 nitrogen and oxygen atoms in total. The fourth-order valence-corrected chi connectivity index (χ4v) is 0.612. The minimum Gasteiger partial charge on any atom is -0.123 e. The minimum atomic E-state index is 0. The Morgan fingerprint density at radius 3 is 2.33 bits per heavy atom. The van der Waals surface area contributed by atoms with E-state index in [1.54, 1.807) is 16.5 Å². The maximum atomic E-state index is 4.49. The fourth-order valence-electron chi connectivity index (χ4n) is 0.0680. The molecular formula is C3H6NaS2. The van der Waals surface area contributed by atoms with Crippen LogP contribution in [0.1, 0.15) is 6.92 Å². The first-order valence-electron chi connectivity index (χ1n) is 1.47. The Bertz CT molecular complexity index is 30.0. The smallest absolute Gasteiger partial charge is 0.0341 e. The first-order valence-corrected chi connectivity index (χ1v) is 2.99. The molecule has 0 bridgehead atoms. The molecule has 0 saturated heterocycles. The minimum absolute atomic E-state index is 0. The topological polar surface area (TPSA) is 0 Å². The standard InChI is InChI=1S/C3H6S2.Na/c1-2-5-3-4;/h3H,2H2,1H3;. The maximum absolute atomic E-state index is 4.49. The summed E-state index contributed by atoms with van der Waals surface area (Å²) in [5.74, 6) is 1.10. The van der Waals surface area contributed by atoms with E-state index in [1.165, 1.54) is 0 Å². The number of rotatable bonds is 2. The number of hydrogen-bond acceptors (Lipinski definition) is 2. The third-order valence-electron chi connectivity index (χ3n) is 0.235. The van der Waals surface area contributed by atoms with Crippen molar-refractivity contribution in [2.75, 3.05) is 5.75 Å². The molecule has 0 unspecified atom stereocenters. The van der Waals surface area contributed by atoms with Gasteiger partial charge in [0.25, 0.3) is 0 Å². The Morgan fingerprint density at radius 2 is 2.33 bits per heavy atom. The molecule has 0 rings (SSSR count). The van der Waals surface area contributed by atoms with Gasteiger partial charge in [-0.15, -0.1) is 11.8 Å². The summed E-state index contributed by atoms with van der Waals surface area (Å²) in [4.78, 5) is 0. The molecule has 31 valence electrons. The van der Waals surface area contributed by atoms with Gasteiger partial charge in [-0.1, -0.05) is 19.1 Å². The van der Waals surface area contributed by atoms with Crippen LogP contribution in [0, 0.1) is 0 Å². The van der Waals surface area contributed by atoms with Crippen LogP contribution in [-0.2, 0) is 0 Å². The van der Waals surface area contributed by atoms with Crippen LogP contribution in [0.15, 0.2) is 0 Å². The average Bonchev–Trinajstić information content (AvgIpc) is 1.41. The Hall–Kier alpha value is 1.44. The molecule has 0 aromatic heterocycles. The van der Waals surface area contributed by atoms with Crippen molar-refractivity contribution in [2.24, 2.45) is 0 Å². The van der Waals surface area contributed by atoms with E-state index in [2.05, 4.69) is 19.1 Å². The molecule has 0 saturated carbocycles. The molecule has 6 heavy (non-hydrogen) atoms. The Morgan fingerprint density at radius 1 is 1.83 bits per heavy atom. The van der Waals surface area contributed by atoms with Crippen molar-refractivity contribution in [3.63, 3.8) is 0 Å². The number of hydrogen-bond donors (Lipinski definition) is 0. The second-order valence-corrected chi connectivity index (χ2v) is 2.23. The Labute approximate surface area is 70.4 Å². The normalized spacial score (nSPS) is 6.17. The molecule has 0 aliphatic rings. The summed E-state index contributed by atoms with van der Waals surface area (Å²) in [5.41, 5.74) is 0. The van der Waals surface area contributed by atoms with Gasteiger partial charge in [0, 0.05) is 34.3 Å². The van der Waals surface area contributed by atoms with Crippen LogP contribution in [0.5, 0.6) is 0 Å². The molecule has 0 aliphatic carbocycles. The van der Waals surface area contributed by atoms with E-state index in [0.717, 1.165) is 5.75 Å². The Kier molecular flexibility index (Phi) is 16.8. The molecule has 0 amide bonds. The van der Waals surface area contributed by atoms with Crippen molar-refractivity contribution < 1.29 is 0 Å². The summed E-state index contributed by atoms with van der Waals surface area (Å²) in [5, 5.41) is 0. The third kappa shape index (κ3) is 9.06. The molecule has 0 atom stereocenters. The van der Waals surface area contributed by atoms with Crippen molar-refractivity contribution in [3.05, 3.63) is 0 Å². The van der Waals surface area contributed by atoms with Gasteiger partial charge in [0.1, 0.15) is 0 Å². The number of thioether (sulfide) groups is 1. The Balaban J connectivity index is 0. The van der Waals surface area contributed by atoms with Gasteiger partial charge in [0.05, 0.1) is 0 Å². The zero-order chi connectivity index (χ0) is 4.12. The summed E-state index contributed by atoms with van der Waals surface area (Å²) in [6.45, 7) is 2.08. The van der Waals surface area contributed by atoms with Crippen molar-refractivity contribution >= 4 is 58.2 Å². The molecule has 0 spiro atoms. The fraction of sp³-hybridized carbons (Fsp3) is 0.667. The first kappa shape index (κ1) is 10.4. The van der Waals surface area contributed by atoms with Gasteiger partial charge in [-0.3, -0.25) is 0 Å². The maximum Gasteiger partial charge on any atom is 0.0341 e. The summed E-state index contributed by atoms with van der Waals surface area (Å²) in [7, 11) is 0. The van der Waals surface area contributed by atoms with Gasteiger partial charge in [-0.25, -0.2) is 0 Å². The van der Waals surface area contributed by atoms with Gasteiger partial charge >= 0.3 is 0 Å². The van der Waals surface area contributed by atoms with Crippen molar-refractivity contribution in [2.45, 2.75) is 6.92 Å². The van der Waals surface area contributed by atoms with Gasteiger partial charge in [0.15, 0.2) is 0 Å². The van der Waals surface area contributed by atoms with Gasteiger partial charge in [-0.2, -0.15) is 0 Å². The van der Waals surface area contributed by atoms with Crippen LogP contribution < -0.4 is 0 Å². The number of thiocarbonyl (C=S) groups is 1. The molecule has 0 aromatic carbocycles. The van der Waals surface area contributed by atoms with Crippen molar-refractivity contribution in [1.29, 1.82) is 0 Å². The van der Waals surface area contributed by atoms with Crippen LogP contribution in [0.25, 0.3) is 0 Å². The van der Waals surface area contributed by atoms with Crippen LogP contribution in [-0.4, -0.2) is 40.0 Å². The second-order valence-electron chi connectivity index (χ2n) is 0.552. The van der Waals surface area contributed by atoms with Crippen LogP contribution in [0.4, 0.5) is 0 Å². The van der Waals surface area contributed by atoms with Crippen LogP contribution >= 0.6 is 24.0 Å². The molecule has 0 N–H and O–H groups in total. The molecule has 3 heteroatoms. The van der Waals surface area contributed by atoms with Gasteiger partial charge in [-0.05, 0) is 5.75 Å². The molecule has 0 heterocycles. The summed E-state index contributed by atoms with van der Waals surface area (Å²) < 4.78 is 1.68. The zero-order valence-electron chi connectivity index (χ0n) is 4.10. The molecule has 0 aromatic rings. The van der Waals surface area contributed by atoms with E-state index in [-0.39, 0.29) is 29.6 Å². The summed E-state index contributed by atoms with van der Waals surface area (Å²) in [6, 6.07) is 0. The molecule has 1 radical (unpaired) electrons. The van der Waals surface area contributed by atoms with E-state index >= 15 is 0 Å². The second kappa shape index (κ2) is 9.67. The van der Waals surface area contributed by atoms with E-state index in [4.69, 9.17) is 0 Å². The van der Waals surface area contributed by atoms with Crippen LogP contribution in [0.2, 0.25) is 0 Å². The van der Waals surface area contributed by atoms with E-state index < -0.39 is 0 Å². The molecular weight excluding hydrogens is 123 g/mol. The van der Waals surface area contributed by atoms with Crippen molar-refractivity contribution in [3.8, 4) is 0 Å². The predicted molar refractivity (Wildman–Crippen MR) is 37.5 cm³/mol. The van der Waals surface area contributed by atoms with Crippen molar-refractivity contribution in [1.82, 2.24) is 0 Å². The van der Waals surface area contributed by atoms with E-state index in [1.807, 2.05) is 0 Å². The molecule has 0 aliphatic heterocycles. The van der Waals surface area contributed by atoms with E-state index in [9.17, 15) is 0 Å².